The van der Waals surface area contributed by atoms with Crippen molar-refractivity contribution in [2.24, 2.45) is 17.8 Å². The van der Waals surface area contributed by atoms with Gasteiger partial charge in [-0.15, -0.1) is 11.8 Å². The van der Waals surface area contributed by atoms with Gasteiger partial charge in [-0.2, -0.15) is 0 Å². The van der Waals surface area contributed by atoms with Crippen molar-refractivity contribution in [2.75, 3.05) is 170 Å². The molecule has 11 heteroatoms. The first kappa shape index (κ1) is 59.0. The van der Waals surface area contributed by atoms with Crippen LogP contribution in [0.2, 0.25) is 0 Å². The van der Waals surface area contributed by atoms with Crippen molar-refractivity contribution in [1.82, 2.24) is 39.6 Å². The first-order valence-electron chi connectivity index (χ1n) is 29.8. The molecule has 2 saturated carbocycles. The summed E-state index contributed by atoms with van der Waals surface area (Å²) in [6.07, 6.45) is 20.0. The van der Waals surface area contributed by atoms with E-state index in [1.54, 1.807) is 0 Å². The number of piperidine rings is 2. The molecule has 0 bridgehead atoms. The summed E-state index contributed by atoms with van der Waals surface area (Å²) >= 11 is 2.01. The Balaban J connectivity index is 0.000000125. The second-order valence-corrected chi connectivity index (χ2v) is 25.2. The molecule has 11 aliphatic rings. The first-order chi connectivity index (χ1) is 36.0. The number of piperazine rings is 1. The highest BCUT2D eigenvalue weighted by atomic mass is 32.2. The van der Waals surface area contributed by atoms with E-state index in [2.05, 4.69) is 179 Å². The summed E-state index contributed by atoms with van der Waals surface area (Å²) in [4.78, 5) is 19.1. The van der Waals surface area contributed by atoms with Gasteiger partial charge < -0.3 is 44.9 Å². The third-order valence-electron chi connectivity index (χ3n) is 18.1. The van der Waals surface area contributed by atoms with Gasteiger partial charge in [0.15, 0.2) is 0 Å². The van der Waals surface area contributed by atoms with E-state index in [4.69, 9.17) is 0 Å². The highest BCUT2D eigenvalue weighted by Crippen LogP contribution is 2.40. The lowest BCUT2D eigenvalue weighted by atomic mass is 9.75. The van der Waals surface area contributed by atoms with Crippen LogP contribution in [0.3, 0.4) is 0 Å². The summed E-state index contributed by atoms with van der Waals surface area (Å²) in [6.45, 7) is 18.7. The molecule has 6 saturated heterocycles. The maximum atomic E-state index is 3.63. The van der Waals surface area contributed by atoms with E-state index in [1.807, 2.05) is 11.8 Å². The van der Waals surface area contributed by atoms with Gasteiger partial charge in [-0.3, -0.25) is 4.90 Å². The number of fused-ring (bicyclic) bond motifs is 7. The minimum absolute atomic E-state index is 0.645. The molecule has 2 aliphatic carbocycles. The van der Waals surface area contributed by atoms with E-state index in [9.17, 15) is 0 Å². The highest BCUT2D eigenvalue weighted by Gasteiger charge is 2.36. The SMILES string of the molecule is CN1CCC2CCCC21.CN1CCC2CCCCC2C1.CN1CCC2c3ccccc3NC2C1.CN1CCCC1.CN1CCNCC1.CN1CCSC1.CN1CCc2ccccc21.CN1CCc2ccccc2C1. The third kappa shape index (κ3) is 19.0. The molecular weight excluding hydrogens is 929 g/mol. The average Bonchev–Trinajstić information content (AvgIpc) is 4.31. The molecule has 8 fully saturated rings. The largest absolute Gasteiger partial charge is 0.380 e. The van der Waals surface area contributed by atoms with Crippen molar-refractivity contribution in [3.63, 3.8) is 0 Å². The molecule has 3 aromatic rings. The molecule has 3 aromatic carbocycles. The molecule has 6 unspecified atom stereocenters. The van der Waals surface area contributed by atoms with E-state index in [1.165, 1.54) is 214 Å². The van der Waals surface area contributed by atoms with Crippen molar-refractivity contribution in [3.05, 3.63) is 95.1 Å². The number of likely N-dealkylation sites (tertiary alicyclic amines) is 4. The summed E-state index contributed by atoms with van der Waals surface area (Å²) in [5, 5.41) is 6.90. The van der Waals surface area contributed by atoms with Gasteiger partial charge in [0.05, 0.1) is 0 Å². The minimum atomic E-state index is 0.645. The van der Waals surface area contributed by atoms with Crippen molar-refractivity contribution in [2.45, 2.75) is 114 Å². The van der Waals surface area contributed by atoms with Crippen LogP contribution in [-0.4, -0.2) is 206 Å². The van der Waals surface area contributed by atoms with Crippen LogP contribution in [0.4, 0.5) is 11.4 Å². The molecule has 2 N–H and O–H groups in total. The first-order valence-corrected chi connectivity index (χ1v) is 31.0. The normalized spacial score (nSPS) is 28.4. The number of nitrogens with zero attached hydrogens (tertiary/aromatic N) is 8. The molecular formula is C63H106N10S. The van der Waals surface area contributed by atoms with Crippen molar-refractivity contribution in [1.29, 1.82) is 0 Å². The smallest absolute Gasteiger partial charge is 0.0458 e. The van der Waals surface area contributed by atoms with Crippen LogP contribution in [0.25, 0.3) is 0 Å². The number of hydrogen-bond donors (Lipinski definition) is 2. The number of benzene rings is 3. The lowest BCUT2D eigenvalue weighted by Gasteiger charge is -2.39. The topological polar surface area (TPSA) is 50.0 Å². The fraction of sp³-hybridized carbons (Fsp3) is 0.714. The second kappa shape index (κ2) is 31.6. The van der Waals surface area contributed by atoms with Gasteiger partial charge in [0.1, 0.15) is 0 Å². The Kier molecular flexibility index (Phi) is 25.2. The van der Waals surface area contributed by atoms with Crippen molar-refractivity contribution < 1.29 is 0 Å². The van der Waals surface area contributed by atoms with Gasteiger partial charge in [0.25, 0.3) is 0 Å². The zero-order valence-electron chi connectivity index (χ0n) is 48.3. The Morgan fingerprint density at radius 2 is 1.09 bits per heavy atom. The Morgan fingerprint density at radius 1 is 0.459 bits per heavy atom. The average molecular weight is 1040 g/mol. The second-order valence-electron chi connectivity index (χ2n) is 24.1. The van der Waals surface area contributed by atoms with Gasteiger partial charge in [-0.1, -0.05) is 86.3 Å². The molecule has 74 heavy (non-hydrogen) atoms. The zero-order valence-corrected chi connectivity index (χ0v) is 49.1. The van der Waals surface area contributed by atoms with Gasteiger partial charge in [0, 0.05) is 114 Å². The monoisotopic (exact) mass is 1030 g/mol. The van der Waals surface area contributed by atoms with Crippen LogP contribution in [0.15, 0.2) is 72.8 Å². The van der Waals surface area contributed by atoms with E-state index in [-0.39, 0.29) is 0 Å². The number of hydrogen-bond acceptors (Lipinski definition) is 11. The lowest BCUT2D eigenvalue weighted by molar-refractivity contribution is 0.105. The van der Waals surface area contributed by atoms with Crippen LogP contribution in [0, 0.1) is 17.8 Å². The number of rotatable bonds is 0. The van der Waals surface area contributed by atoms with Crippen LogP contribution >= 0.6 is 11.8 Å². The molecule has 9 heterocycles. The molecule has 6 atom stereocenters. The predicted octanol–water partition coefficient (Wildman–Crippen LogP) is 9.73. The van der Waals surface area contributed by atoms with E-state index < -0.39 is 0 Å². The number of likely N-dealkylation sites (N-methyl/N-ethyl adjacent to an activating group) is 4. The van der Waals surface area contributed by atoms with Crippen LogP contribution in [0.1, 0.15) is 105 Å². The molecule has 0 amide bonds. The Morgan fingerprint density at radius 3 is 1.76 bits per heavy atom. The molecule has 414 valence electrons. The molecule has 10 nitrogen and oxygen atoms in total. The van der Waals surface area contributed by atoms with Gasteiger partial charge in [-0.25, -0.2) is 0 Å². The summed E-state index contributed by atoms with van der Waals surface area (Å²) in [7, 11) is 17.6. The number of nitrogens with one attached hydrogen (secondary N) is 2. The van der Waals surface area contributed by atoms with Crippen LogP contribution in [0.5, 0.6) is 0 Å². The van der Waals surface area contributed by atoms with Crippen LogP contribution < -0.4 is 15.5 Å². The summed E-state index contributed by atoms with van der Waals surface area (Å²) < 4.78 is 0. The van der Waals surface area contributed by atoms with Gasteiger partial charge >= 0.3 is 0 Å². The predicted molar refractivity (Wildman–Crippen MR) is 322 cm³/mol. The van der Waals surface area contributed by atoms with E-state index in [0.717, 1.165) is 49.3 Å². The quantitative estimate of drug-likeness (QED) is 0.227. The third-order valence-corrected chi connectivity index (χ3v) is 19.2. The maximum Gasteiger partial charge on any atom is 0.0458 e. The maximum absolute atomic E-state index is 3.63. The van der Waals surface area contributed by atoms with Gasteiger partial charge in [0.2, 0.25) is 0 Å². The Hall–Kier alpha value is -2.71. The lowest BCUT2D eigenvalue weighted by Crippen LogP contribution is -2.41. The fourth-order valence-corrected chi connectivity index (χ4v) is 14.3. The van der Waals surface area contributed by atoms with Crippen molar-refractivity contribution in [3.8, 4) is 0 Å². The number of para-hydroxylation sites is 2. The summed E-state index contributed by atoms with van der Waals surface area (Å²) in [5.74, 6) is 6.55. The highest BCUT2D eigenvalue weighted by molar-refractivity contribution is 7.99. The molecule has 0 spiro atoms. The van der Waals surface area contributed by atoms with Gasteiger partial charge in [-0.05, 0) is 198 Å². The molecule has 0 aromatic heterocycles. The standard InChI is InChI=1S/C12H16N2.C10H19N.C10H13N.C9H11N.C8H15N.C5H12N2.C5H11N.C4H9NS/c1-14-7-6-10-9-4-2-3-5-11(9)13-12(10)8-14;2*1-11-7-6-9-4-2-3-5-10(9)8-11;1-10-7-6-8-4-2-3-5-9(8)10;1-9-6-5-7-3-2-4-8(7)9;1-7-4-2-6-3-5-7;1-6-4-2-3-5-6;1-5-2-3-6-4-5/h2-5,10,12-13H,6-8H2,1H3;9-10H,2-8H2,1H3;2-5H,6-8H2,1H3;2-5H,6-7H2,1H3;7-8H,2-6H2,1H3;6H,2-5H2,1H3;2-5H2,1H3;2-4H2,1H3. The van der Waals surface area contributed by atoms with Crippen LogP contribution in [-0.2, 0) is 19.4 Å². The molecule has 9 aliphatic heterocycles. The number of anilines is 2. The zero-order chi connectivity index (χ0) is 52.1. The Bertz CT molecular complexity index is 1990. The number of thioether (sulfide) groups is 1. The summed E-state index contributed by atoms with van der Waals surface area (Å²) in [5.41, 5.74) is 8.82. The Labute approximate surface area is 457 Å². The van der Waals surface area contributed by atoms with Crippen molar-refractivity contribution >= 4 is 23.1 Å². The minimum Gasteiger partial charge on any atom is -0.380 e. The molecule has 14 rings (SSSR count). The van der Waals surface area contributed by atoms with E-state index in [0.29, 0.717) is 6.04 Å². The fourth-order valence-electron chi connectivity index (χ4n) is 13.3. The summed E-state index contributed by atoms with van der Waals surface area (Å²) in [6, 6.07) is 27.7. The van der Waals surface area contributed by atoms with E-state index >= 15 is 0 Å². The molecule has 0 radical (unpaired) electrons.